The second-order valence-electron chi connectivity index (χ2n) is 16.5. The van der Waals surface area contributed by atoms with Crippen LogP contribution in [0.1, 0.15) is 41.0 Å². The van der Waals surface area contributed by atoms with Gasteiger partial charge in [-0.05, 0) is 126 Å². The maximum atomic E-state index is 12.5. The van der Waals surface area contributed by atoms with Gasteiger partial charge < -0.3 is 56.8 Å². The second-order valence-corrected chi connectivity index (χ2v) is 20.8. The third-order valence-electron chi connectivity index (χ3n) is 11.0. The maximum Gasteiger partial charge on any atom is 0.343 e. The summed E-state index contributed by atoms with van der Waals surface area (Å²) in [4.78, 5) is 47.4. The molecule has 0 saturated heterocycles. The molecule has 3 atom stereocenters. The number of methoxy groups -OCH3 is 2. The van der Waals surface area contributed by atoms with Gasteiger partial charge in [-0.25, -0.2) is 14.4 Å². The molecule has 19 heteroatoms. The maximum absolute atomic E-state index is 12.5. The van der Waals surface area contributed by atoms with Gasteiger partial charge in [0.1, 0.15) is 60.9 Å². The molecule has 6 aromatic rings. The first-order valence-electron chi connectivity index (χ1n) is 25.3. The lowest BCUT2D eigenvalue weighted by molar-refractivity contribution is -0.149. The predicted molar refractivity (Wildman–Crippen MR) is 313 cm³/mol. The standard InChI is InChI=1S/C31H36O8.C29H30O8.H5P3/c1-4-23(2)30(32)38-22-20-36-18-17-35-19-21-37-28-13-9-26(10-14-28)31(33)39-29-15-7-25(8-16-29)24-5-11-27(34-3)12-6-24;1-3-28(30)36-21-19-34-17-16-33-18-20-35-26-12-8-24(9-13-26)29(31)37-27-14-6-23(7-15-27)22-4-10-25(32-2)11-5-22;1-3-2/h5-16,23H,4,17-22H2,1-3H3;3-15H,1,16-21H2,2H3;3H,1-2H2. The van der Waals surface area contributed by atoms with Gasteiger partial charge in [0, 0.05) is 6.08 Å². The molecule has 0 heterocycles. The average Bonchev–Trinajstić information content (AvgIpc) is 3.48. The Morgan fingerprint density at radius 2 is 0.734 bits per heavy atom. The summed E-state index contributed by atoms with van der Waals surface area (Å²) in [6.07, 6.45) is 1.86. The van der Waals surface area contributed by atoms with E-state index >= 15 is 0 Å². The minimum Gasteiger partial charge on any atom is -0.497 e. The number of benzene rings is 6. The summed E-state index contributed by atoms with van der Waals surface area (Å²) < 4.78 is 64.1. The zero-order valence-corrected chi connectivity index (χ0v) is 48.4. The molecule has 0 N–H and O–H groups in total. The van der Waals surface area contributed by atoms with Crippen LogP contribution in [0.5, 0.6) is 34.5 Å². The van der Waals surface area contributed by atoms with Crippen molar-refractivity contribution in [2.45, 2.75) is 20.3 Å². The number of hydrogen-bond donors (Lipinski definition) is 0. The Balaban J connectivity index is 0.000000325. The van der Waals surface area contributed by atoms with E-state index in [1.807, 2.05) is 86.6 Å². The van der Waals surface area contributed by atoms with Gasteiger partial charge in [0.15, 0.2) is 0 Å². The molecule has 422 valence electrons. The molecule has 79 heavy (non-hydrogen) atoms. The minimum atomic E-state index is -0.474. The highest BCUT2D eigenvalue weighted by molar-refractivity contribution is 8.33. The van der Waals surface area contributed by atoms with E-state index in [0.717, 1.165) is 54.2 Å². The van der Waals surface area contributed by atoms with Crippen LogP contribution in [0.4, 0.5) is 0 Å². The Morgan fingerprint density at radius 3 is 1.05 bits per heavy atom. The Hall–Kier alpha value is -6.73. The molecule has 16 nitrogen and oxygen atoms in total. The van der Waals surface area contributed by atoms with Gasteiger partial charge in [0.05, 0.1) is 84.1 Å². The average molecular weight is 1140 g/mol. The van der Waals surface area contributed by atoms with Gasteiger partial charge >= 0.3 is 23.9 Å². The van der Waals surface area contributed by atoms with Crippen LogP contribution in [0.15, 0.2) is 158 Å². The summed E-state index contributed by atoms with van der Waals surface area (Å²) in [6, 6.07) is 43.6. The Kier molecular flexibility index (Phi) is 31.8. The fourth-order valence-corrected chi connectivity index (χ4v) is 6.56. The fraction of sp³-hybridized carbons (Fsp3) is 0.300. The first-order valence-corrected chi connectivity index (χ1v) is 29.9. The Morgan fingerprint density at radius 1 is 0.443 bits per heavy atom. The highest BCUT2D eigenvalue weighted by atomic mass is 32.4. The topological polar surface area (TPSA) is 179 Å². The summed E-state index contributed by atoms with van der Waals surface area (Å²) in [5.41, 5.74) is 4.93. The van der Waals surface area contributed by atoms with Gasteiger partial charge in [0.2, 0.25) is 0 Å². The molecule has 6 aromatic carbocycles. The largest absolute Gasteiger partial charge is 0.497 e. The Labute approximate surface area is 469 Å². The van der Waals surface area contributed by atoms with Gasteiger partial charge in [-0.15, -0.1) is 17.9 Å². The van der Waals surface area contributed by atoms with Crippen LogP contribution in [0.25, 0.3) is 22.3 Å². The van der Waals surface area contributed by atoms with Crippen molar-refractivity contribution in [3.63, 3.8) is 0 Å². The third-order valence-corrected chi connectivity index (χ3v) is 11.0. The van der Waals surface area contributed by atoms with E-state index in [1.165, 1.54) is 0 Å². The van der Waals surface area contributed by atoms with Crippen molar-refractivity contribution >= 4 is 49.7 Å². The van der Waals surface area contributed by atoms with Crippen molar-refractivity contribution in [2.75, 3.05) is 93.5 Å². The third kappa shape index (κ3) is 25.7. The van der Waals surface area contributed by atoms with E-state index in [9.17, 15) is 19.2 Å². The summed E-state index contributed by atoms with van der Waals surface area (Å²) in [7, 11) is 9.32. The fourth-order valence-electron chi connectivity index (χ4n) is 6.56. The lowest BCUT2D eigenvalue weighted by atomic mass is 10.1. The van der Waals surface area contributed by atoms with Crippen LogP contribution >= 0.6 is 25.8 Å². The molecule has 0 aliphatic carbocycles. The molecule has 3 unspecified atom stereocenters. The summed E-state index contributed by atoms with van der Waals surface area (Å²) in [5, 5.41) is 0. The molecule has 0 radical (unpaired) electrons. The molecule has 0 aliphatic heterocycles. The van der Waals surface area contributed by atoms with Gasteiger partial charge in [-0.2, -0.15) is 0 Å². The number of ether oxygens (including phenoxy) is 12. The molecular weight excluding hydrogens is 1070 g/mol. The molecule has 0 aliphatic rings. The smallest absolute Gasteiger partial charge is 0.343 e. The summed E-state index contributed by atoms with van der Waals surface area (Å²) in [6.45, 7) is 11.2. The van der Waals surface area contributed by atoms with Gasteiger partial charge in [0.25, 0.3) is 0 Å². The predicted octanol–water partition coefficient (Wildman–Crippen LogP) is 11.6. The molecule has 0 aromatic heterocycles. The van der Waals surface area contributed by atoms with Crippen molar-refractivity contribution in [3.8, 4) is 56.8 Å². The quantitative estimate of drug-likeness (QED) is 0.0132. The molecule has 0 spiro atoms. The van der Waals surface area contributed by atoms with Crippen LogP contribution < -0.4 is 28.4 Å². The van der Waals surface area contributed by atoms with Crippen molar-refractivity contribution in [2.24, 2.45) is 5.92 Å². The molecule has 0 bridgehead atoms. The van der Waals surface area contributed by atoms with E-state index in [2.05, 4.69) is 24.4 Å². The summed E-state index contributed by atoms with van der Waals surface area (Å²) >= 11 is 0. The van der Waals surface area contributed by atoms with Crippen molar-refractivity contribution in [3.05, 3.63) is 169 Å². The number of rotatable bonds is 31. The summed E-state index contributed by atoms with van der Waals surface area (Å²) in [5.74, 6) is 2.09. The monoisotopic (exact) mass is 1140 g/mol. The molecular formula is C60H71O16P3. The molecule has 6 rings (SSSR count). The minimum absolute atomic E-state index is 0.0896. The lowest BCUT2D eigenvalue weighted by Gasteiger charge is -2.10. The Bertz CT molecular complexity index is 2670. The number of carbonyl (C=O) groups excluding carboxylic acids is 4. The SMILES string of the molecule is C=CC(=O)OCCOCCOCCOc1ccc(C(=O)Oc2ccc(-c3ccc(OC)cc3)cc2)cc1.CCC(C)C(=O)OCCOCCOCCOc1ccc(C(=O)Oc2ccc(-c3ccc(OC)cc3)cc2)cc1.PPP. The van der Waals surface area contributed by atoms with E-state index in [-0.39, 0.29) is 25.1 Å². The van der Waals surface area contributed by atoms with Crippen molar-refractivity contribution < 1.29 is 76.0 Å². The number of hydrogen-bond acceptors (Lipinski definition) is 16. The van der Waals surface area contributed by atoms with Crippen LogP contribution in [0.3, 0.4) is 0 Å². The normalized spacial score (nSPS) is 10.8. The molecule has 0 amide bonds. The van der Waals surface area contributed by atoms with E-state index in [4.69, 9.17) is 56.8 Å². The molecule has 0 saturated carbocycles. The van der Waals surface area contributed by atoms with E-state index in [0.29, 0.717) is 100 Å². The zero-order chi connectivity index (χ0) is 56.9. The first kappa shape index (κ1) is 64.8. The first-order chi connectivity index (χ1) is 38.5. The zero-order valence-electron chi connectivity index (χ0n) is 45.1. The van der Waals surface area contributed by atoms with Crippen LogP contribution in [-0.2, 0) is 38.0 Å². The van der Waals surface area contributed by atoms with Crippen LogP contribution in [0, 0.1) is 5.92 Å². The van der Waals surface area contributed by atoms with Gasteiger partial charge in [-0.3, -0.25) is 4.79 Å². The van der Waals surface area contributed by atoms with Crippen molar-refractivity contribution in [1.29, 1.82) is 0 Å². The van der Waals surface area contributed by atoms with Crippen molar-refractivity contribution in [1.82, 2.24) is 0 Å². The van der Waals surface area contributed by atoms with Gasteiger partial charge in [-0.1, -0.05) is 76.9 Å². The van der Waals surface area contributed by atoms with E-state index in [1.54, 1.807) is 87.0 Å². The highest BCUT2D eigenvalue weighted by Gasteiger charge is 2.13. The second kappa shape index (κ2) is 38.8. The van der Waals surface area contributed by atoms with E-state index < -0.39 is 17.9 Å². The van der Waals surface area contributed by atoms with Crippen LogP contribution in [-0.4, -0.2) is 117 Å². The highest BCUT2D eigenvalue weighted by Crippen LogP contribution is 2.28. The molecule has 0 fully saturated rings. The van der Waals surface area contributed by atoms with Crippen LogP contribution in [0.2, 0.25) is 0 Å². The lowest BCUT2D eigenvalue weighted by Crippen LogP contribution is -2.18. The number of carbonyl (C=O) groups is 4. The number of esters is 4.